The summed E-state index contributed by atoms with van der Waals surface area (Å²) < 4.78 is 1.07. The van der Waals surface area contributed by atoms with Crippen molar-refractivity contribution in [3.63, 3.8) is 0 Å². The van der Waals surface area contributed by atoms with Gasteiger partial charge in [-0.3, -0.25) is 14.4 Å². The standard InChI is InChI=1S/C19H19N5O3/c1-20-18(26)14-9-7-13(8-10-14)11-23(2)17(25)12-24-19(27)15-5-3-4-6-16(15)21-22-24/h3-10H,11-12H2,1-2H3,(H,20,26). The van der Waals surface area contributed by atoms with E-state index in [1.54, 1.807) is 62.6 Å². The summed E-state index contributed by atoms with van der Waals surface area (Å²) in [4.78, 5) is 37.9. The van der Waals surface area contributed by atoms with Crippen LogP contribution >= 0.6 is 0 Å². The maximum atomic E-state index is 12.5. The van der Waals surface area contributed by atoms with Crippen LogP contribution in [0.5, 0.6) is 0 Å². The van der Waals surface area contributed by atoms with Crippen molar-refractivity contribution >= 4 is 22.7 Å². The lowest BCUT2D eigenvalue weighted by Crippen LogP contribution is -2.35. The molecular formula is C19H19N5O3. The van der Waals surface area contributed by atoms with Gasteiger partial charge < -0.3 is 10.2 Å². The van der Waals surface area contributed by atoms with E-state index in [1.165, 1.54) is 4.90 Å². The van der Waals surface area contributed by atoms with Crippen molar-refractivity contribution < 1.29 is 9.59 Å². The number of fused-ring (bicyclic) bond motifs is 1. The van der Waals surface area contributed by atoms with Gasteiger partial charge in [-0.1, -0.05) is 29.5 Å². The fourth-order valence-electron chi connectivity index (χ4n) is 2.64. The number of benzene rings is 2. The van der Waals surface area contributed by atoms with E-state index >= 15 is 0 Å². The highest BCUT2D eigenvalue weighted by molar-refractivity contribution is 5.93. The number of amides is 2. The third-order valence-corrected chi connectivity index (χ3v) is 4.20. The molecule has 0 aliphatic rings. The number of nitrogens with zero attached hydrogens (tertiary/aromatic N) is 4. The Balaban J connectivity index is 1.70. The van der Waals surface area contributed by atoms with Gasteiger partial charge in [0.05, 0.1) is 5.39 Å². The highest BCUT2D eigenvalue weighted by Gasteiger charge is 2.14. The summed E-state index contributed by atoms with van der Waals surface area (Å²) >= 11 is 0. The topological polar surface area (TPSA) is 97.2 Å². The summed E-state index contributed by atoms with van der Waals surface area (Å²) in [5.74, 6) is -0.433. The van der Waals surface area contributed by atoms with Crippen molar-refractivity contribution in [2.45, 2.75) is 13.1 Å². The van der Waals surface area contributed by atoms with Crippen LogP contribution in [0.2, 0.25) is 0 Å². The summed E-state index contributed by atoms with van der Waals surface area (Å²) in [7, 11) is 3.22. The Kier molecular flexibility index (Phi) is 5.25. The third kappa shape index (κ3) is 4.00. The first-order valence-electron chi connectivity index (χ1n) is 8.37. The van der Waals surface area contributed by atoms with Crippen molar-refractivity contribution in [1.29, 1.82) is 0 Å². The molecule has 0 saturated carbocycles. The second kappa shape index (κ2) is 7.77. The fraction of sp³-hybridized carbons (Fsp3) is 0.211. The van der Waals surface area contributed by atoms with Gasteiger partial charge in [-0.25, -0.2) is 4.68 Å². The van der Waals surface area contributed by atoms with Gasteiger partial charge in [0.25, 0.3) is 11.5 Å². The maximum absolute atomic E-state index is 12.5. The molecule has 0 aliphatic carbocycles. The van der Waals surface area contributed by atoms with Crippen LogP contribution in [0, 0.1) is 0 Å². The molecule has 2 amide bonds. The van der Waals surface area contributed by atoms with E-state index in [4.69, 9.17) is 0 Å². The van der Waals surface area contributed by atoms with Gasteiger partial charge in [0.2, 0.25) is 5.91 Å². The molecule has 138 valence electrons. The number of aromatic nitrogens is 3. The lowest BCUT2D eigenvalue weighted by Gasteiger charge is -2.17. The summed E-state index contributed by atoms with van der Waals surface area (Å²) in [6.07, 6.45) is 0. The first-order valence-corrected chi connectivity index (χ1v) is 8.37. The van der Waals surface area contributed by atoms with Gasteiger partial charge in [-0.05, 0) is 29.8 Å². The van der Waals surface area contributed by atoms with Crippen LogP contribution in [-0.2, 0) is 17.9 Å². The quantitative estimate of drug-likeness (QED) is 0.722. The molecule has 3 aromatic rings. The van der Waals surface area contributed by atoms with Crippen LogP contribution in [0.25, 0.3) is 10.9 Å². The van der Waals surface area contributed by atoms with E-state index in [0.29, 0.717) is 23.0 Å². The zero-order chi connectivity index (χ0) is 19.4. The Hall–Kier alpha value is -3.55. The lowest BCUT2D eigenvalue weighted by molar-refractivity contribution is -0.131. The average molecular weight is 365 g/mol. The molecule has 8 heteroatoms. The lowest BCUT2D eigenvalue weighted by atomic mass is 10.1. The number of carbonyl (C=O) groups excluding carboxylic acids is 2. The number of likely N-dealkylation sites (N-methyl/N-ethyl adjacent to an activating group) is 1. The largest absolute Gasteiger partial charge is 0.355 e. The molecule has 0 bridgehead atoms. The zero-order valence-electron chi connectivity index (χ0n) is 15.0. The molecule has 0 atom stereocenters. The molecule has 1 N–H and O–H groups in total. The van der Waals surface area contributed by atoms with E-state index < -0.39 is 0 Å². The number of rotatable bonds is 5. The molecule has 0 fully saturated rings. The second-order valence-corrected chi connectivity index (χ2v) is 6.10. The molecule has 0 unspecified atom stereocenters. The van der Waals surface area contributed by atoms with E-state index in [-0.39, 0.29) is 23.9 Å². The molecule has 2 aromatic carbocycles. The predicted octanol–water partition coefficient (Wildman–Crippen LogP) is 0.810. The number of hydrogen-bond acceptors (Lipinski definition) is 5. The normalized spacial score (nSPS) is 10.6. The van der Waals surface area contributed by atoms with Crippen molar-refractivity contribution in [3.05, 3.63) is 70.0 Å². The van der Waals surface area contributed by atoms with Crippen molar-refractivity contribution in [1.82, 2.24) is 25.2 Å². The van der Waals surface area contributed by atoms with Gasteiger partial charge in [0.15, 0.2) is 0 Å². The van der Waals surface area contributed by atoms with Crippen molar-refractivity contribution in [2.75, 3.05) is 14.1 Å². The number of nitrogens with one attached hydrogen (secondary N) is 1. The highest BCUT2D eigenvalue weighted by Crippen LogP contribution is 2.08. The van der Waals surface area contributed by atoms with Gasteiger partial charge in [0.1, 0.15) is 12.1 Å². The molecular weight excluding hydrogens is 346 g/mol. The highest BCUT2D eigenvalue weighted by atomic mass is 16.2. The molecule has 0 spiro atoms. The third-order valence-electron chi connectivity index (χ3n) is 4.20. The number of hydrogen-bond donors (Lipinski definition) is 1. The summed E-state index contributed by atoms with van der Waals surface area (Å²) in [6, 6.07) is 13.8. The first kappa shape index (κ1) is 18.2. The summed E-state index contributed by atoms with van der Waals surface area (Å²) in [5, 5.41) is 10.8. The van der Waals surface area contributed by atoms with Crippen molar-refractivity contribution in [2.24, 2.45) is 0 Å². The van der Waals surface area contributed by atoms with Crippen LogP contribution in [0.3, 0.4) is 0 Å². The Morgan fingerprint density at radius 3 is 2.52 bits per heavy atom. The minimum atomic E-state index is -0.350. The van der Waals surface area contributed by atoms with Gasteiger partial charge in [-0.2, -0.15) is 0 Å². The average Bonchev–Trinajstić information content (AvgIpc) is 2.70. The second-order valence-electron chi connectivity index (χ2n) is 6.10. The SMILES string of the molecule is CNC(=O)c1ccc(CN(C)C(=O)Cn2nnc3ccccc3c2=O)cc1. The molecule has 27 heavy (non-hydrogen) atoms. The Morgan fingerprint density at radius 1 is 1.11 bits per heavy atom. The van der Waals surface area contributed by atoms with E-state index in [9.17, 15) is 14.4 Å². The van der Waals surface area contributed by atoms with Crippen LogP contribution < -0.4 is 10.9 Å². The molecule has 0 radical (unpaired) electrons. The van der Waals surface area contributed by atoms with Crippen LogP contribution in [0.4, 0.5) is 0 Å². The predicted molar refractivity (Wildman–Crippen MR) is 100 cm³/mol. The van der Waals surface area contributed by atoms with E-state index in [0.717, 1.165) is 10.2 Å². The minimum Gasteiger partial charge on any atom is -0.355 e. The smallest absolute Gasteiger partial charge is 0.278 e. The molecule has 0 aliphatic heterocycles. The molecule has 1 aromatic heterocycles. The molecule has 3 rings (SSSR count). The monoisotopic (exact) mass is 365 g/mol. The van der Waals surface area contributed by atoms with Crippen LogP contribution in [-0.4, -0.2) is 45.8 Å². The van der Waals surface area contributed by atoms with Gasteiger partial charge in [0, 0.05) is 26.2 Å². The van der Waals surface area contributed by atoms with Gasteiger partial charge >= 0.3 is 0 Å². The summed E-state index contributed by atoms with van der Waals surface area (Å²) in [6.45, 7) is 0.159. The zero-order valence-corrected chi connectivity index (χ0v) is 15.0. The molecule has 1 heterocycles. The van der Waals surface area contributed by atoms with Crippen LogP contribution in [0.15, 0.2) is 53.3 Å². The number of carbonyl (C=O) groups is 2. The van der Waals surface area contributed by atoms with Gasteiger partial charge in [-0.15, -0.1) is 5.10 Å². The van der Waals surface area contributed by atoms with E-state index in [1.807, 2.05) is 0 Å². The Labute approximate surface area is 155 Å². The molecule has 8 nitrogen and oxygen atoms in total. The Morgan fingerprint density at radius 2 is 1.81 bits per heavy atom. The minimum absolute atomic E-state index is 0.166. The van der Waals surface area contributed by atoms with Crippen LogP contribution in [0.1, 0.15) is 15.9 Å². The molecule has 0 saturated heterocycles. The summed E-state index contributed by atoms with van der Waals surface area (Å²) in [5.41, 5.74) is 1.57. The Bertz CT molecular complexity index is 1040. The maximum Gasteiger partial charge on any atom is 0.278 e. The fourth-order valence-corrected chi connectivity index (χ4v) is 2.64. The van der Waals surface area contributed by atoms with Crippen molar-refractivity contribution in [3.8, 4) is 0 Å². The van der Waals surface area contributed by atoms with E-state index in [2.05, 4.69) is 15.6 Å². The first-order chi connectivity index (χ1) is 13.0.